The van der Waals surface area contributed by atoms with Crippen LogP contribution in [0, 0.1) is 5.82 Å². The van der Waals surface area contributed by atoms with E-state index in [2.05, 4.69) is 15.5 Å². The summed E-state index contributed by atoms with van der Waals surface area (Å²) in [5.74, 6) is -1.23. The summed E-state index contributed by atoms with van der Waals surface area (Å²) in [5.41, 5.74) is 1.69. The molecule has 0 spiro atoms. The third-order valence-electron chi connectivity index (χ3n) is 7.84. The van der Waals surface area contributed by atoms with Crippen LogP contribution in [0.5, 0.6) is 0 Å². The minimum atomic E-state index is -0.597. The fourth-order valence-corrected chi connectivity index (χ4v) is 5.66. The molecule has 3 aliphatic rings. The fraction of sp³-hybridized carbons (Fsp3) is 0.483. The van der Waals surface area contributed by atoms with E-state index in [1.807, 2.05) is 15.9 Å². The molecule has 2 aliphatic heterocycles. The van der Waals surface area contributed by atoms with Gasteiger partial charge in [0.1, 0.15) is 5.82 Å². The van der Waals surface area contributed by atoms with Gasteiger partial charge in [0.05, 0.1) is 11.1 Å². The van der Waals surface area contributed by atoms with Gasteiger partial charge in [-0.15, -0.1) is 0 Å². The summed E-state index contributed by atoms with van der Waals surface area (Å²) >= 11 is 0. The highest BCUT2D eigenvalue weighted by atomic mass is 19.1. The van der Waals surface area contributed by atoms with Gasteiger partial charge in [0.2, 0.25) is 0 Å². The van der Waals surface area contributed by atoms with Crippen LogP contribution in [0.3, 0.4) is 0 Å². The number of carbonyl (C=O) groups excluding carboxylic acids is 3. The van der Waals surface area contributed by atoms with Gasteiger partial charge in [-0.1, -0.05) is 31.4 Å². The van der Waals surface area contributed by atoms with Crippen LogP contribution in [0.15, 0.2) is 42.5 Å². The quantitative estimate of drug-likeness (QED) is 0.608. The second-order valence-electron chi connectivity index (χ2n) is 10.4. The summed E-state index contributed by atoms with van der Waals surface area (Å²) in [5, 5.41) is 5.94. The van der Waals surface area contributed by atoms with Crippen molar-refractivity contribution in [3.05, 3.63) is 59.4 Å². The molecule has 1 saturated carbocycles. The zero-order chi connectivity index (χ0) is 26.5. The molecule has 2 aromatic rings. The number of rotatable bonds is 5. The van der Waals surface area contributed by atoms with E-state index in [1.165, 1.54) is 37.5 Å². The van der Waals surface area contributed by atoms with Crippen molar-refractivity contribution in [3.63, 3.8) is 0 Å². The standard InChI is InChI=1S/C29H36FN5O3/c30-25-11-5-4-10-23(25)27(36)31-22-12-13-26(24(20-22)28(37)34-14-6-7-15-34)33-16-18-35(19-17-33)29(38)32-21-8-2-1-3-9-21/h4-5,10-13,20-21H,1-3,6-9,14-19H2,(H,31,36)(H,32,38). The third kappa shape index (κ3) is 5.92. The summed E-state index contributed by atoms with van der Waals surface area (Å²) in [7, 11) is 0. The van der Waals surface area contributed by atoms with Gasteiger partial charge in [-0.25, -0.2) is 9.18 Å². The number of urea groups is 1. The first-order valence-electron chi connectivity index (χ1n) is 13.8. The van der Waals surface area contributed by atoms with E-state index < -0.39 is 11.7 Å². The Hall–Kier alpha value is -3.62. The zero-order valence-electron chi connectivity index (χ0n) is 21.8. The number of anilines is 2. The summed E-state index contributed by atoms with van der Waals surface area (Å²) in [6.07, 6.45) is 7.63. The number of hydrogen-bond acceptors (Lipinski definition) is 4. The molecule has 2 N–H and O–H groups in total. The van der Waals surface area contributed by atoms with Crippen LogP contribution in [0.2, 0.25) is 0 Å². The number of amides is 4. The fourth-order valence-electron chi connectivity index (χ4n) is 5.66. The Morgan fingerprint density at radius 1 is 0.763 bits per heavy atom. The number of benzene rings is 2. The van der Waals surface area contributed by atoms with Gasteiger partial charge in [0.25, 0.3) is 11.8 Å². The van der Waals surface area contributed by atoms with Crippen molar-refractivity contribution in [1.29, 1.82) is 0 Å². The lowest BCUT2D eigenvalue weighted by atomic mass is 9.96. The van der Waals surface area contributed by atoms with E-state index in [-0.39, 0.29) is 23.5 Å². The zero-order valence-corrected chi connectivity index (χ0v) is 21.8. The summed E-state index contributed by atoms with van der Waals surface area (Å²) in [6, 6.07) is 11.4. The largest absolute Gasteiger partial charge is 0.367 e. The minimum Gasteiger partial charge on any atom is -0.367 e. The van der Waals surface area contributed by atoms with Crippen LogP contribution in [0.4, 0.5) is 20.6 Å². The number of hydrogen-bond donors (Lipinski definition) is 2. The lowest BCUT2D eigenvalue weighted by molar-refractivity contribution is 0.0792. The van der Waals surface area contributed by atoms with E-state index in [1.54, 1.807) is 18.2 Å². The first kappa shape index (κ1) is 26.0. The molecule has 0 radical (unpaired) electrons. The topological polar surface area (TPSA) is 85.0 Å². The van der Waals surface area contributed by atoms with Crippen LogP contribution in [0.25, 0.3) is 0 Å². The monoisotopic (exact) mass is 521 g/mol. The van der Waals surface area contributed by atoms with Crippen molar-refractivity contribution >= 4 is 29.2 Å². The minimum absolute atomic E-state index is 0.00359. The maximum atomic E-state index is 14.1. The highest BCUT2D eigenvalue weighted by Gasteiger charge is 2.28. The Labute approximate surface area is 223 Å². The molecule has 202 valence electrons. The number of nitrogens with one attached hydrogen (secondary N) is 2. The van der Waals surface area contributed by atoms with Gasteiger partial charge in [-0.2, -0.15) is 0 Å². The number of nitrogens with zero attached hydrogens (tertiary/aromatic N) is 3. The number of carbonyl (C=O) groups is 3. The van der Waals surface area contributed by atoms with Crippen molar-refractivity contribution in [2.75, 3.05) is 49.5 Å². The molecule has 8 nitrogen and oxygen atoms in total. The van der Waals surface area contributed by atoms with E-state index in [0.717, 1.165) is 31.4 Å². The average molecular weight is 522 g/mol. The predicted molar refractivity (Wildman–Crippen MR) is 145 cm³/mol. The van der Waals surface area contributed by atoms with Crippen molar-refractivity contribution in [3.8, 4) is 0 Å². The molecular weight excluding hydrogens is 485 g/mol. The second-order valence-corrected chi connectivity index (χ2v) is 10.4. The normalized spacial score (nSPS) is 18.4. The average Bonchev–Trinajstić information content (AvgIpc) is 3.49. The lowest BCUT2D eigenvalue weighted by Crippen LogP contribution is -2.54. The number of likely N-dealkylation sites (tertiary alicyclic amines) is 1. The molecule has 38 heavy (non-hydrogen) atoms. The number of piperazine rings is 1. The smallest absolute Gasteiger partial charge is 0.317 e. The van der Waals surface area contributed by atoms with Gasteiger partial charge < -0.3 is 25.3 Å². The van der Waals surface area contributed by atoms with Crippen molar-refractivity contribution in [2.45, 2.75) is 51.0 Å². The lowest BCUT2D eigenvalue weighted by Gasteiger charge is -2.38. The van der Waals surface area contributed by atoms with Crippen molar-refractivity contribution < 1.29 is 18.8 Å². The highest BCUT2D eigenvalue weighted by molar-refractivity contribution is 6.06. The van der Waals surface area contributed by atoms with Gasteiger partial charge in [0, 0.05) is 56.7 Å². The van der Waals surface area contributed by atoms with Gasteiger partial charge >= 0.3 is 6.03 Å². The van der Waals surface area contributed by atoms with Crippen LogP contribution >= 0.6 is 0 Å². The summed E-state index contributed by atoms with van der Waals surface area (Å²) < 4.78 is 14.1. The molecule has 4 amide bonds. The Kier molecular flexibility index (Phi) is 8.10. The molecule has 5 rings (SSSR count). The van der Waals surface area contributed by atoms with E-state index in [0.29, 0.717) is 50.5 Å². The van der Waals surface area contributed by atoms with E-state index in [9.17, 15) is 18.8 Å². The molecular formula is C29H36FN5O3. The predicted octanol–water partition coefficient (Wildman–Crippen LogP) is 4.48. The first-order valence-corrected chi connectivity index (χ1v) is 13.8. The SMILES string of the molecule is O=C(Nc1ccc(N2CCN(C(=O)NC3CCCCC3)CC2)c(C(=O)N2CCCC2)c1)c1ccccc1F. The molecule has 2 heterocycles. The van der Waals surface area contributed by atoms with Crippen molar-refractivity contribution in [2.24, 2.45) is 0 Å². The summed E-state index contributed by atoms with van der Waals surface area (Å²) in [6.45, 7) is 3.78. The Bertz CT molecular complexity index is 1170. The van der Waals surface area contributed by atoms with Gasteiger partial charge in [-0.05, 0) is 56.0 Å². The van der Waals surface area contributed by atoms with Crippen LogP contribution in [0.1, 0.15) is 65.7 Å². The molecule has 0 aromatic heterocycles. The van der Waals surface area contributed by atoms with Gasteiger partial charge in [0.15, 0.2) is 0 Å². The second kappa shape index (κ2) is 11.8. The van der Waals surface area contributed by atoms with Crippen LogP contribution in [-0.4, -0.2) is 73.0 Å². The molecule has 0 bridgehead atoms. The van der Waals surface area contributed by atoms with E-state index in [4.69, 9.17) is 0 Å². The third-order valence-corrected chi connectivity index (χ3v) is 7.84. The molecule has 0 unspecified atom stereocenters. The van der Waals surface area contributed by atoms with E-state index >= 15 is 0 Å². The van der Waals surface area contributed by atoms with Crippen molar-refractivity contribution in [1.82, 2.24) is 15.1 Å². The van der Waals surface area contributed by atoms with Crippen LogP contribution in [-0.2, 0) is 0 Å². The first-order chi connectivity index (χ1) is 18.5. The molecule has 9 heteroatoms. The molecule has 2 saturated heterocycles. The van der Waals surface area contributed by atoms with Gasteiger partial charge in [-0.3, -0.25) is 9.59 Å². The Morgan fingerprint density at radius 3 is 2.18 bits per heavy atom. The maximum Gasteiger partial charge on any atom is 0.317 e. The molecule has 2 aromatic carbocycles. The summed E-state index contributed by atoms with van der Waals surface area (Å²) in [4.78, 5) is 44.9. The molecule has 3 fully saturated rings. The Morgan fingerprint density at radius 2 is 1.47 bits per heavy atom. The van der Waals surface area contributed by atoms with Crippen LogP contribution < -0.4 is 15.5 Å². The Balaban J connectivity index is 1.30. The molecule has 1 aliphatic carbocycles. The number of halogens is 1. The molecule has 0 atom stereocenters. The highest BCUT2D eigenvalue weighted by Crippen LogP contribution is 2.29. The maximum absolute atomic E-state index is 14.1.